The number of rotatable bonds is 7. The minimum Gasteiger partial charge on any atom is -0.302 e. The molecule has 4 aromatic rings. The summed E-state index contributed by atoms with van der Waals surface area (Å²) in [6, 6.07) is 22.4. The molecule has 32 heavy (non-hydrogen) atoms. The van der Waals surface area contributed by atoms with Crippen LogP contribution >= 0.6 is 11.8 Å². The molecule has 6 nitrogen and oxygen atoms in total. The molecule has 0 saturated heterocycles. The van der Waals surface area contributed by atoms with Gasteiger partial charge in [0.2, 0.25) is 0 Å². The molecular weight excluding hydrogens is 418 g/mol. The monoisotopic (exact) mass is 443 g/mol. The van der Waals surface area contributed by atoms with Crippen LogP contribution in [0.3, 0.4) is 0 Å². The molecule has 0 aliphatic heterocycles. The summed E-state index contributed by atoms with van der Waals surface area (Å²) in [6.07, 6.45) is 0. The Morgan fingerprint density at radius 3 is 2.56 bits per heavy atom. The summed E-state index contributed by atoms with van der Waals surface area (Å²) in [6.45, 7) is 6.72. The first-order valence-electron chi connectivity index (χ1n) is 10.5. The number of benzene rings is 3. The summed E-state index contributed by atoms with van der Waals surface area (Å²) in [5.74, 6) is 0.829. The van der Waals surface area contributed by atoms with Crippen molar-refractivity contribution in [1.82, 2.24) is 20.2 Å². The summed E-state index contributed by atoms with van der Waals surface area (Å²) in [5, 5.41) is 15.9. The van der Waals surface area contributed by atoms with Crippen molar-refractivity contribution in [2.45, 2.75) is 32.5 Å². The van der Waals surface area contributed by atoms with Crippen molar-refractivity contribution < 1.29 is 4.79 Å². The zero-order valence-corrected chi connectivity index (χ0v) is 19.2. The maximum Gasteiger partial charge on any atom is 0.250 e. The predicted octanol–water partition coefficient (Wildman–Crippen LogP) is 5.06. The standard InChI is InChI=1S/C25H25N5OS/c1-4-30-24(20-14-12-17(2)13-15-20)28-29-25(30)32-16-23(31)27-26-18(3)21-11-7-9-19-8-5-6-10-22(19)21/h5-15H,4,16H2,1-3H3,(H,27,31)/b26-18-. The molecule has 7 heteroatoms. The molecule has 0 spiro atoms. The van der Waals surface area contributed by atoms with Crippen molar-refractivity contribution >= 4 is 34.2 Å². The fourth-order valence-electron chi connectivity index (χ4n) is 3.51. The average Bonchev–Trinajstić information content (AvgIpc) is 3.24. The zero-order valence-electron chi connectivity index (χ0n) is 18.4. The van der Waals surface area contributed by atoms with Gasteiger partial charge in [-0.1, -0.05) is 84.1 Å². The number of aryl methyl sites for hydroxylation is 1. The molecule has 0 bridgehead atoms. The number of nitrogens with one attached hydrogen (secondary N) is 1. The van der Waals surface area contributed by atoms with Gasteiger partial charge < -0.3 is 4.57 Å². The number of thioether (sulfide) groups is 1. The van der Waals surface area contributed by atoms with Crippen molar-refractivity contribution in [3.63, 3.8) is 0 Å². The third kappa shape index (κ3) is 4.73. The van der Waals surface area contributed by atoms with Crippen LogP contribution in [-0.2, 0) is 11.3 Å². The minimum absolute atomic E-state index is 0.183. The van der Waals surface area contributed by atoms with Gasteiger partial charge in [-0.15, -0.1) is 10.2 Å². The van der Waals surface area contributed by atoms with Crippen LogP contribution < -0.4 is 5.43 Å². The van der Waals surface area contributed by atoms with Crippen molar-refractivity contribution in [2.75, 3.05) is 5.75 Å². The van der Waals surface area contributed by atoms with Crippen LogP contribution in [-0.4, -0.2) is 32.1 Å². The maximum atomic E-state index is 12.4. The van der Waals surface area contributed by atoms with Crippen molar-refractivity contribution in [1.29, 1.82) is 0 Å². The first-order chi connectivity index (χ1) is 15.6. The molecule has 3 aromatic carbocycles. The van der Waals surface area contributed by atoms with Gasteiger partial charge in [0.1, 0.15) is 0 Å². The Bertz CT molecular complexity index is 1270. The Morgan fingerprint density at radius 1 is 1.03 bits per heavy atom. The van der Waals surface area contributed by atoms with Gasteiger partial charge in [-0.2, -0.15) is 5.10 Å². The van der Waals surface area contributed by atoms with Crippen LogP contribution in [0.15, 0.2) is 77.0 Å². The highest BCUT2D eigenvalue weighted by Gasteiger charge is 2.14. The van der Waals surface area contributed by atoms with Crippen LogP contribution in [0.5, 0.6) is 0 Å². The third-order valence-corrected chi connectivity index (χ3v) is 6.17. The van der Waals surface area contributed by atoms with Crippen LogP contribution in [0.1, 0.15) is 25.0 Å². The van der Waals surface area contributed by atoms with Gasteiger partial charge >= 0.3 is 0 Å². The molecule has 0 unspecified atom stereocenters. The molecule has 162 valence electrons. The highest BCUT2D eigenvalue weighted by Crippen LogP contribution is 2.24. The fourth-order valence-corrected chi connectivity index (χ4v) is 4.30. The van der Waals surface area contributed by atoms with Crippen LogP contribution in [0.4, 0.5) is 0 Å². The molecule has 0 saturated carbocycles. The number of carbonyl (C=O) groups is 1. The Labute approximate surface area is 191 Å². The summed E-state index contributed by atoms with van der Waals surface area (Å²) < 4.78 is 2.02. The summed E-state index contributed by atoms with van der Waals surface area (Å²) in [4.78, 5) is 12.4. The van der Waals surface area contributed by atoms with E-state index in [-0.39, 0.29) is 11.7 Å². The Balaban J connectivity index is 1.42. The van der Waals surface area contributed by atoms with Crippen molar-refractivity contribution in [3.8, 4) is 11.4 Å². The first-order valence-corrected chi connectivity index (χ1v) is 11.5. The van der Waals surface area contributed by atoms with Gasteiger partial charge in [-0.25, -0.2) is 5.43 Å². The number of aromatic nitrogens is 3. The lowest BCUT2D eigenvalue weighted by atomic mass is 10.0. The lowest BCUT2D eigenvalue weighted by molar-refractivity contribution is -0.118. The third-order valence-electron chi connectivity index (χ3n) is 5.20. The number of hydrogen-bond donors (Lipinski definition) is 1. The van der Waals surface area contributed by atoms with Crippen molar-refractivity contribution in [2.24, 2.45) is 5.10 Å². The average molecular weight is 444 g/mol. The van der Waals surface area contributed by atoms with E-state index in [1.807, 2.05) is 54.8 Å². The second kappa shape index (κ2) is 9.78. The highest BCUT2D eigenvalue weighted by atomic mass is 32.2. The van der Waals surface area contributed by atoms with Gasteiger partial charge in [0.25, 0.3) is 5.91 Å². The number of amides is 1. The van der Waals surface area contributed by atoms with E-state index in [0.29, 0.717) is 5.16 Å². The largest absolute Gasteiger partial charge is 0.302 e. The van der Waals surface area contributed by atoms with Crippen LogP contribution in [0, 0.1) is 6.92 Å². The van der Waals surface area contributed by atoms with E-state index >= 15 is 0 Å². The molecule has 1 N–H and O–H groups in total. The molecular formula is C25H25N5OS. The molecule has 1 aromatic heterocycles. The van der Waals surface area contributed by atoms with Crippen LogP contribution in [0.2, 0.25) is 0 Å². The van der Waals surface area contributed by atoms with E-state index in [9.17, 15) is 4.79 Å². The molecule has 4 rings (SSSR count). The lowest BCUT2D eigenvalue weighted by Gasteiger charge is -2.08. The number of hydrogen-bond acceptors (Lipinski definition) is 5. The molecule has 0 atom stereocenters. The Hall–Kier alpha value is -3.45. The van der Waals surface area contributed by atoms with E-state index in [1.165, 1.54) is 17.3 Å². The van der Waals surface area contributed by atoms with Gasteiger partial charge in [0, 0.05) is 17.7 Å². The van der Waals surface area contributed by atoms with Gasteiger partial charge in [-0.05, 0) is 31.5 Å². The molecule has 0 fully saturated rings. The molecule has 0 aliphatic rings. The second-order valence-electron chi connectivity index (χ2n) is 7.46. The van der Waals surface area contributed by atoms with E-state index in [2.05, 4.69) is 58.0 Å². The smallest absolute Gasteiger partial charge is 0.250 e. The topological polar surface area (TPSA) is 72.2 Å². The summed E-state index contributed by atoms with van der Waals surface area (Å²) in [7, 11) is 0. The second-order valence-corrected chi connectivity index (χ2v) is 8.41. The van der Waals surface area contributed by atoms with E-state index in [0.717, 1.165) is 40.0 Å². The summed E-state index contributed by atoms with van der Waals surface area (Å²) >= 11 is 1.36. The van der Waals surface area contributed by atoms with Gasteiger partial charge in [-0.3, -0.25) is 4.79 Å². The normalized spacial score (nSPS) is 11.7. The highest BCUT2D eigenvalue weighted by molar-refractivity contribution is 7.99. The van der Waals surface area contributed by atoms with Gasteiger partial charge in [0.05, 0.1) is 11.5 Å². The zero-order chi connectivity index (χ0) is 22.5. The van der Waals surface area contributed by atoms with E-state index in [1.54, 1.807) is 0 Å². The SMILES string of the molecule is CCn1c(SCC(=O)N/N=C(/C)c2cccc3ccccc23)nnc1-c1ccc(C)cc1. The van der Waals surface area contributed by atoms with E-state index in [4.69, 9.17) is 0 Å². The first kappa shape index (κ1) is 21.8. The Morgan fingerprint density at radius 2 is 1.78 bits per heavy atom. The van der Waals surface area contributed by atoms with Crippen molar-refractivity contribution in [3.05, 3.63) is 77.9 Å². The Kier molecular flexibility index (Phi) is 6.66. The van der Waals surface area contributed by atoms with E-state index < -0.39 is 0 Å². The van der Waals surface area contributed by atoms with Gasteiger partial charge in [0.15, 0.2) is 11.0 Å². The number of nitrogens with zero attached hydrogens (tertiary/aromatic N) is 4. The molecule has 1 amide bonds. The number of hydrazone groups is 1. The lowest BCUT2D eigenvalue weighted by Crippen LogP contribution is -2.21. The predicted molar refractivity (Wildman–Crippen MR) is 131 cm³/mol. The van der Waals surface area contributed by atoms with Crippen LogP contribution in [0.25, 0.3) is 22.2 Å². The fraction of sp³-hybridized carbons (Fsp3) is 0.200. The quantitative estimate of drug-likeness (QED) is 0.246. The number of carbonyl (C=O) groups excluding carboxylic acids is 1. The molecule has 0 aliphatic carbocycles. The maximum absolute atomic E-state index is 12.4. The minimum atomic E-state index is -0.183. The summed E-state index contributed by atoms with van der Waals surface area (Å²) in [5.41, 5.74) is 6.64. The molecule has 0 radical (unpaired) electrons. The molecule has 1 heterocycles. The number of fused-ring (bicyclic) bond motifs is 1.